The van der Waals surface area contributed by atoms with Crippen LogP contribution in [0.25, 0.3) is 71.4 Å². The summed E-state index contributed by atoms with van der Waals surface area (Å²) < 4.78 is 6.37. The van der Waals surface area contributed by atoms with Gasteiger partial charge in [-0.1, -0.05) is 164 Å². The minimum atomic E-state index is -0.355. The highest BCUT2D eigenvalue weighted by Gasteiger charge is 2.20. The molecule has 0 radical (unpaired) electrons. The van der Waals surface area contributed by atoms with E-state index in [2.05, 4.69) is 169 Å². The number of rotatable bonds is 7. The van der Waals surface area contributed by atoms with E-state index in [-0.39, 0.29) is 12.2 Å². The first-order valence-corrected chi connectivity index (χ1v) is 18.2. The third kappa shape index (κ3) is 5.55. The van der Waals surface area contributed by atoms with Crippen molar-refractivity contribution in [3.63, 3.8) is 0 Å². The lowest BCUT2D eigenvalue weighted by Gasteiger charge is -2.23. The minimum absolute atomic E-state index is 0.149. The van der Waals surface area contributed by atoms with Crippen molar-refractivity contribution in [2.24, 2.45) is 5.73 Å². The van der Waals surface area contributed by atoms with Crippen LogP contribution in [0.15, 0.2) is 182 Å². The van der Waals surface area contributed by atoms with Crippen LogP contribution in [0.1, 0.15) is 28.9 Å². The van der Waals surface area contributed by atoms with Gasteiger partial charge < -0.3 is 10.5 Å². The number of ether oxygens (including phenoxy) is 1. The molecule has 0 bridgehead atoms. The van der Waals surface area contributed by atoms with Crippen molar-refractivity contribution >= 4 is 49.2 Å². The molecule has 9 aromatic rings. The summed E-state index contributed by atoms with van der Waals surface area (Å²) >= 11 is 0. The molecule has 10 rings (SSSR count). The van der Waals surface area contributed by atoms with Crippen molar-refractivity contribution in [1.29, 1.82) is 0 Å². The molecule has 3 nitrogen and oxygen atoms in total. The zero-order valence-electron chi connectivity index (χ0n) is 29.0. The van der Waals surface area contributed by atoms with Crippen molar-refractivity contribution in [2.75, 3.05) is 0 Å². The van der Waals surface area contributed by atoms with Crippen LogP contribution in [-0.4, -0.2) is 0 Å². The second-order valence-corrected chi connectivity index (χ2v) is 13.9. The highest BCUT2D eigenvalue weighted by Crippen LogP contribution is 2.47. The smallest absolute Gasteiger partial charge is 0.135 e. The van der Waals surface area contributed by atoms with Gasteiger partial charge in [0, 0.05) is 10.9 Å². The zero-order chi connectivity index (χ0) is 35.3. The molecule has 2 atom stereocenters. The van der Waals surface area contributed by atoms with Crippen LogP contribution in [-0.2, 0) is 0 Å². The van der Waals surface area contributed by atoms with Crippen molar-refractivity contribution in [1.82, 2.24) is 5.32 Å². The minimum Gasteiger partial charge on any atom is -0.456 e. The van der Waals surface area contributed by atoms with E-state index in [0.29, 0.717) is 0 Å². The van der Waals surface area contributed by atoms with E-state index in [9.17, 15) is 0 Å². The molecule has 1 aliphatic rings. The summed E-state index contributed by atoms with van der Waals surface area (Å²) in [6.45, 7) is 0. The summed E-state index contributed by atoms with van der Waals surface area (Å²) in [6.07, 6.45) is 4.05. The van der Waals surface area contributed by atoms with Crippen molar-refractivity contribution in [3.8, 4) is 33.8 Å². The molecule has 2 unspecified atom stereocenters. The summed E-state index contributed by atoms with van der Waals surface area (Å²) in [4.78, 5) is 0. The first-order chi connectivity index (χ1) is 26.2. The largest absolute Gasteiger partial charge is 0.456 e. The monoisotopic (exact) mass is 680 g/mol. The van der Waals surface area contributed by atoms with Gasteiger partial charge in [0.25, 0.3) is 0 Å². The van der Waals surface area contributed by atoms with Gasteiger partial charge in [0.2, 0.25) is 0 Å². The lowest BCUT2D eigenvalue weighted by atomic mass is 9.89. The number of hydrogen-bond acceptors (Lipinski definition) is 3. The van der Waals surface area contributed by atoms with Crippen LogP contribution in [0.3, 0.4) is 0 Å². The molecular weight excluding hydrogens is 645 g/mol. The van der Waals surface area contributed by atoms with Gasteiger partial charge >= 0.3 is 0 Å². The molecule has 252 valence electrons. The van der Waals surface area contributed by atoms with Gasteiger partial charge in [-0.05, 0) is 95.3 Å². The Morgan fingerprint density at radius 2 is 1.23 bits per heavy atom. The molecule has 0 saturated heterocycles. The highest BCUT2D eigenvalue weighted by molar-refractivity contribution is 6.20. The van der Waals surface area contributed by atoms with Gasteiger partial charge in [0.1, 0.15) is 11.5 Å². The predicted octanol–water partition coefficient (Wildman–Crippen LogP) is 12.7. The maximum Gasteiger partial charge on any atom is 0.135 e. The molecule has 53 heavy (non-hydrogen) atoms. The summed E-state index contributed by atoms with van der Waals surface area (Å²) in [6, 6.07) is 62.4. The van der Waals surface area contributed by atoms with Crippen LogP contribution < -0.4 is 15.8 Å². The molecule has 1 heterocycles. The summed E-state index contributed by atoms with van der Waals surface area (Å²) in [5.74, 6) is 1.78. The van der Waals surface area contributed by atoms with Crippen LogP contribution in [0.4, 0.5) is 0 Å². The highest BCUT2D eigenvalue weighted by atomic mass is 16.5. The van der Waals surface area contributed by atoms with Gasteiger partial charge in [-0.2, -0.15) is 0 Å². The summed E-state index contributed by atoms with van der Waals surface area (Å²) in [5, 5.41) is 13.6. The lowest BCUT2D eigenvalue weighted by molar-refractivity contribution is 0.487. The first-order valence-electron chi connectivity index (χ1n) is 18.2. The number of benzene rings is 9. The molecule has 0 fully saturated rings. The van der Waals surface area contributed by atoms with Crippen molar-refractivity contribution in [2.45, 2.75) is 12.2 Å². The van der Waals surface area contributed by atoms with Crippen molar-refractivity contribution in [3.05, 3.63) is 199 Å². The van der Waals surface area contributed by atoms with E-state index >= 15 is 0 Å². The second-order valence-electron chi connectivity index (χ2n) is 13.9. The Balaban J connectivity index is 1.05. The molecule has 3 heteroatoms. The normalized spacial score (nSPS) is 13.4. The molecule has 1 aliphatic heterocycles. The van der Waals surface area contributed by atoms with E-state index < -0.39 is 0 Å². The van der Waals surface area contributed by atoms with Crippen molar-refractivity contribution < 1.29 is 4.74 Å². The molecule has 0 spiro atoms. The SMILES string of the molecule is NC(NC(/C=C/c1ccc2c(c1)-c1cccc3cccc(c13)O2)c1ccc(-c2c3ccccc3cc3c2ccc2ccccc23)cc1)c1ccccc1. The van der Waals surface area contributed by atoms with E-state index in [0.717, 1.165) is 39.1 Å². The fourth-order valence-electron chi connectivity index (χ4n) is 8.09. The fourth-order valence-corrected chi connectivity index (χ4v) is 8.09. The number of fused-ring (bicyclic) bond motifs is 6. The van der Waals surface area contributed by atoms with Gasteiger partial charge in [0.05, 0.1) is 12.2 Å². The van der Waals surface area contributed by atoms with Crippen LogP contribution in [0, 0.1) is 0 Å². The Morgan fingerprint density at radius 1 is 0.491 bits per heavy atom. The zero-order valence-corrected chi connectivity index (χ0v) is 29.0. The van der Waals surface area contributed by atoms with Gasteiger partial charge in [-0.25, -0.2) is 0 Å². The lowest BCUT2D eigenvalue weighted by Crippen LogP contribution is -2.31. The number of hydrogen-bond donors (Lipinski definition) is 2. The van der Waals surface area contributed by atoms with Crippen LogP contribution in [0.2, 0.25) is 0 Å². The second kappa shape index (κ2) is 12.9. The maximum atomic E-state index is 6.81. The Bertz CT molecular complexity index is 2850. The third-order valence-electron chi connectivity index (χ3n) is 10.7. The van der Waals surface area contributed by atoms with Gasteiger partial charge in [-0.15, -0.1) is 0 Å². The molecule has 0 saturated carbocycles. The molecule has 0 amide bonds. The fraction of sp³-hybridized carbons (Fsp3) is 0.0400. The van der Waals surface area contributed by atoms with Crippen LogP contribution in [0.5, 0.6) is 11.5 Å². The first kappa shape index (κ1) is 31.2. The van der Waals surface area contributed by atoms with E-state index in [1.54, 1.807) is 0 Å². The Hall–Kier alpha value is -6.52. The van der Waals surface area contributed by atoms with Gasteiger partial charge in [-0.3, -0.25) is 5.32 Å². The molecule has 0 aromatic heterocycles. The average Bonchev–Trinajstić information content (AvgIpc) is 3.22. The Labute approximate surface area is 308 Å². The van der Waals surface area contributed by atoms with E-state index in [4.69, 9.17) is 10.5 Å². The third-order valence-corrected chi connectivity index (χ3v) is 10.7. The molecule has 0 aliphatic carbocycles. The molecular formula is C50H36N2O. The van der Waals surface area contributed by atoms with E-state index in [1.807, 2.05) is 24.3 Å². The van der Waals surface area contributed by atoms with Crippen LogP contribution >= 0.6 is 0 Å². The maximum absolute atomic E-state index is 6.81. The quantitative estimate of drug-likeness (QED) is 0.100. The van der Waals surface area contributed by atoms with E-state index in [1.165, 1.54) is 54.4 Å². The summed E-state index contributed by atoms with van der Waals surface area (Å²) in [5.41, 5.74) is 14.8. The Kier molecular flexibility index (Phi) is 7.61. The molecule has 3 N–H and O–H groups in total. The van der Waals surface area contributed by atoms with Gasteiger partial charge in [0.15, 0.2) is 0 Å². The summed E-state index contributed by atoms with van der Waals surface area (Å²) in [7, 11) is 0. The predicted molar refractivity (Wildman–Crippen MR) is 222 cm³/mol. The topological polar surface area (TPSA) is 47.3 Å². The standard InChI is InChI=1S/C50H36N2O/c51-50(37-11-2-1-3-12-37)52-45(28-20-32-21-29-46-44(30-32)41-18-8-14-35-15-9-19-47(53-46)49(35)41)34-22-24-36(25-23-34)48-40-17-7-5-13-38(40)31-43-39-16-6-4-10-33(39)26-27-42(43)48/h1-31,45,50,52H,51H2/b28-20+. The Morgan fingerprint density at radius 3 is 2.08 bits per heavy atom. The average molecular weight is 681 g/mol. The number of nitrogens with two attached hydrogens (primary N) is 1. The molecule has 9 aromatic carbocycles. The number of nitrogens with one attached hydrogen (secondary N) is 1.